The van der Waals surface area contributed by atoms with Crippen molar-refractivity contribution in [3.05, 3.63) is 47.3 Å². The largest absolute Gasteiger partial charge is 0.481 e. The first kappa shape index (κ1) is 23.4. The third-order valence-corrected chi connectivity index (χ3v) is 6.30. The third kappa shape index (κ3) is 6.42. The van der Waals surface area contributed by atoms with Crippen LogP contribution in [0.5, 0.6) is 5.88 Å². The molecule has 1 atom stereocenters. The molecule has 0 aliphatic carbocycles. The van der Waals surface area contributed by atoms with Gasteiger partial charge in [0.05, 0.1) is 20.1 Å². The van der Waals surface area contributed by atoms with Crippen molar-refractivity contribution in [1.82, 2.24) is 20.2 Å². The first-order valence-electron chi connectivity index (χ1n) is 12.0. The topological polar surface area (TPSA) is 88.6 Å². The number of hydrogen-bond acceptors (Lipinski definition) is 8. The summed E-state index contributed by atoms with van der Waals surface area (Å²) in [6, 6.07) is 8.41. The van der Waals surface area contributed by atoms with Gasteiger partial charge in [0.1, 0.15) is 5.82 Å². The Morgan fingerprint density at radius 1 is 1.30 bits per heavy atom. The quantitative estimate of drug-likeness (QED) is 0.502. The molecule has 2 aliphatic rings. The zero-order valence-corrected chi connectivity index (χ0v) is 19.7. The maximum absolute atomic E-state index is 12.1. The van der Waals surface area contributed by atoms with Gasteiger partial charge in [-0.05, 0) is 56.3 Å². The summed E-state index contributed by atoms with van der Waals surface area (Å²) in [6.45, 7) is 6.24. The molecule has 2 aliphatic heterocycles. The molecule has 2 aromatic heterocycles. The lowest BCUT2D eigenvalue weighted by molar-refractivity contribution is -0.143. The molecule has 4 heterocycles. The van der Waals surface area contributed by atoms with Gasteiger partial charge in [-0.3, -0.25) is 4.79 Å². The first-order chi connectivity index (χ1) is 16.1. The summed E-state index contributed by atoms with van der Waals surface area (Å²) >= 11 is 0. The van der Waals surface area contributed by atoms with Crippen molar-refractivity contribution in [1.29, 1.82) is 0 Å². The van der Waals surface area contributed by atoms with Gasteiger partial charge in [0, 0.05) is 49.7 Å². The number of anilines is 1. The molecule has 0 radical (unpaired) electrons. The molecule has 178 valence electrons. The summed E-state index contributed by atoms with van der Waals surface area (Å²) in [5, 5.41) is 7.04. The molecule has 0 amide bonds. The van der Waals surface area contributed by atoms with Gasteiger partial charge in [0.15, 0.2) is 0 Å². The number of ether oxygens (including phenoxy) is 2. The lowest BCUT2D eigenvalue weighted by atomic mass is 10.0. The van der Waals surface area contributed by atoms with Gasteiger partial charge in [0.2, 0.25) is 5.88 Å². The van der Waals surface area contributed by atoms with Gasteiger partial charge in [-0.1, -0.05) is 12.1 Å². The zero-order chi connectivity index (χ0) is 23.0. The summed E-state index contributed by atoms with van der Waals surface area (Å²) in [7, 11) is 1.60. The highest BCUT2D eigenvalue weighted by molar-refractivity contribution is 5.70. The van der Waals surface area contributed by atoms with Crippen molar-refractivity contribution >= 4 is 11.8 Å². The van der Waals surface area contributed by atoms with Gasteiger partial charge in [0.25, 0.3) is 0 Å². The number of esters is 1. The lowest BCUT2D eigenvalue weighted by Gasteiger charge is -2.41. The minimum Gasteiger partial charge on any atom is -0.481 e. The van der Waals surface area contributed by atoms with Gasteiger partial charge in [-0.15, -0.1) is 0 Å². The summed E-state index contributed by atoms with van der Waals surface area (Å²) in [5.74, 6) is 1.44. The number of nitrogens with zero attached hydrogens (tertiary/aromatic N) is 3. The average molecular weight is 454 g/mol. The molecule has 8 heteroatoms. The van der Waals surface area contributed by atoms with Crippen molar-refractivity contribution in [3.8, 4) is 5.88 Å². The molecule has 4 rings (SSSR count). The van der Waals surface area contributed by atoms with Crippen molar-refractivity contribution in [2.24, 2.45) is 0 Å². The van der Waals surface area contributed by atoms with E-state index >= 15 is 0 Å². The molecule has 0 unspecified atom stereocenters. The minimum atomic E-state index is -0.200. The number of aromatic nitrogens is 2. The Morgan fingerprint density at radius 3 is 2.94 bits per heavy atom. The Labute approximate surface area is 196 Å². The Balaban J connectivity index is 1.23. The molecule has 0 aromatic carbocycles. The van der Waals surface area contributed by atoms with Gasteiger partial charge >= 0.3 is 5.97 Å². The fourth-order valence-corrected chi connectivity index (χ4v) is 4.51. The number of likely N-dealkylation sites (tertiary alicyclic amines) is 1. The second kappa shape index (κ2) is 11.4. The van der Waals surface area contributed by atoms with Crippen LogP contribution in [0.3, 0.4) is 0 Å². The standard InChI is InChI=1S/C25H35N5O3/c1-3-33-24(31)14-22(19-9-11-23(32-2)27-15-19)28-21-16-30(17-21)13-5-7-20-10-8-18-6-4-12-26-25(18)29-20/h8-11,15,21-22,28H,3-7,12-14,16-17H2,1-2H3,(H,26,29)/t22-/m0/s1. The number of rotatable bonds is 11. The van der Waals surface area contributed by atoms with E-state index in [0.717, 1.165) is 56.8 Å². The zero-order valence-electron chi connectivity index (χ0n) is 19.7. The van der Waals surface area contributed by atoms with Crippen molar-refractivity contribution in [2.45, 2.75) is 51.1 Å². The number of methoxy groups -OCH3 is 1. The van der Waals surface area contributed by atoms with E-state index in [1.54, 1.807) is 13.3 Å². The van der Waals surface area contributed by atoms with E-state index in [1.165, 1.54) is 17.7 Å². The normalized spacial score (nSPS) is 16.9. The third-order valence-electron chi connectivity index (χ3n) is 6.30. The number of carbonyl (C=O) groups is 1. The number of carbonyl (C=O) groups excluding carboxylic acids is 1. The van der Waals surface area contributed by atoms with Crippen LogP contribution in [0.4, 0.5) is 5.82 Å². The molecular weight excluding hydrogens is 418 g/mol. The van der Waals surface area contributed by atoms with Crippen LogP contribution in [-0.4, -0.2) is 66.8 Å². The smallest absolute Gasteiger partial charge is 0.307 e. The lowest BCUT2D eigenvalue weighted by Crippen LogP contribution is -2.58. The molecule has 1 fully saturated rings. The number of aryl methyl sites for hydroxylation is 2. The number of hydrogen-bond donors (Lipinski definition) is 2. The predicted molar refractivity (Wildman–Crippen MR) is 128 cm³/mol. The van der Waals surface area contributed by atoms with Crippen LogP contribution in [-0.2, 0) is 22.4 Å². The Morgan fingerprint density at radius 2 is 2.18 bits per heavy atom. The van der Waals surface area contributed by atoms with Crippen LogP contribution < -0.4 is 15.4 Å². The number of pyridine rings is 2. The summed E-state index contributed by atoms with van der Waals surface area (Å²) in [6.07, 6.45) is 6.46. The van der Waals surface area contributed by atoms with Crippen molar-refractivity contribution < 1.29 is 14.3 Å². The van der Waals surface area contributed by atoms with E-state index in [2.05, 4.69) is 32.7 Å². The molecule has 8 nitrogen and oxygen atoms in total. The van der Waals surface area contributed by atoms with Crippen LogP contribution in [0.2, 0.25) is 0 Å². The highest BCUT2D eigenvalue weighted by atomic mass is 16.5. The van der Waals surface area contributed by atoms with E-state index in [-0.39, 0.29) is 18.4 Å². The highest BCUT2D eigenvalue weighted by Crippen LogP contribution is 2.23. The molecule has 2 aromatic rings. The molecule has 0 saturated carbocycles. The van der Waals surface area contributed by atoms with E-state index < -0.39 is 0 Å². The predicted octanol–water partition coefficient (Wildman–Crippen LogP) is 2.74. The fourth-order valence-electron chi connectivity index (χ4n) is 4.51. The van der Waals surface area contributed by atoms with Crippen LogP contribution >= 0.6 is 0 Å². The first-order valence-corrected chi connectivity index (χ1v) is 12.0. The van der Waals surface area contributed by atoms with Crippen LogP contribution in [0, 0.1) is 0 Å². The molecule has 2 N–H and O–H groups in total. The molecular formula is C25H35N5O3. The summed E-state index contributed by atoms with van der Waals surface area (Å²) < 4.78 is 10.3. The Hall–Kier alpha value is -2.71. The SMILES string of the molecule is CCOC(=O)C[C@H](NC1CN(CCCc2ccc3c(n2)NCCC3)C1)c1ccc(OC)nc1. The summed E-state index contributed by atoms with van der Waals surface area (Å²) in [5.41, 5.74) is 3.47. The molecule has 0 spiro atoms. The Kier molecular flexibility index (Phi) is 8.12. The maximum atomic E-state index is 12.1. The van der Waals surface area contributed by atoms with Crippen molar-refractivity contribution in [3.63, 3.8) is 0 Å². The molecule has 0 bridgehead atoms. The summed E-state index contributed by atoms with van der Waals surface area (Å²) in [4.78, 5) is 23.7. The average Bonchev–Trinajstić information content (AvgIpc) is 2.82. The second-order valence-electron chi connectivity index (χ2n) is 8.76. The van der Waals surface area contributed by atoms with Gasteiger partial charge in [-0.25, -0.2) is 9.97 Å². The van der Waals surface area contributed by atoms with E-state index in [4.69, 9.17) is 14.5 Å². The number of nitrogens with one attached hydrogen (secondary N) is 2. The van der Waals surface area contributed by atoms with E-state index in [0.29, 0.717) is 18.5 Å². The fraction of sp³-hybridized carbons (Fsp3) is 0.560. The molecule has 1 saturated heterocycles. The van der Waals surface area contributed by atoms with Crippen LogP contribution in [0.1, 0.15) is 49.0 Å². The van der Waals surface area contributed by atoms with Crippen molar-refractivity contribution in [2.75, 3.05) is 45.2 Å². The second-order valence-corrected chi connectivity index (χ2v) is 8.76. The van der Waals surface area contributed by atoms with Crippen LogP contribution in [0.25, 0.3) is 0 Å². The minimum absolute atomic E-state index is 0.123. The maximum Gasteiger partial charge on any atom is 0.307 e. The van der Waals surface area contributed by atoms with E-state index in [1.807, 2.05) is 19.1 Å². The van der Waals surface area contributed by atoms with Gasteiger partial charge < -0.3 is 25.0 Å². The Bertz CT molecular complexity index is 915. The van der Waals surface area contributed by atoms with Gasteiger partial charge in [-0.2, -0.15) is 0 Å². The monoisotopic (exact) mass is 453 g/mol. The highest BCUT2D eigenvalue weighted by Gasteiger charge is 2.29. The number of fused-ring (bicyclic) bond motifs is 1. The molecule has 33 heavy (non-hydrogen) atoms. The van der Waals surface area contributed by atoms with Crippen LogP contribution in [0.15, 0.2) is 30.5 Å². The van der Waals surface area contributed by atoms with E-state index in [9.17, 15) is 4.79 Å².